The molecule has 5 rings (SSSR count). The number of benzene rings is 1. The van der Waals surface area contributed by atoms with E-state index in [4.69, 9.17) is 12.3 Å². The van der Waals surface area contributed by atoms with Crippen molar-refractivity contribution in [2.75, 3.05) is 6.54 Å². The van der Waals surface area contributed by atoms with Crippen LogP contribution in [-0.2, 0) is 6.54 Å². The van der Waals surface area contributed by atoms with E-state index >= 15 is 0 Å². The highest BCUT2D eigenvalue weighted by Gasteiger charge is 2.40. The third-order valence-corrected chi connectivity index (χ3v) is 5.56. The number of hydrogen-bond donors (Lipinski definition) is 1. The molecule has 0 bridgehead atoms. The Bertz CT molecular complexity index is 993. The van der Waals surface area contributed by atoms with E-state index in [2.05, 4.69) is 14.9 Å². The van der Waals surface area contributed by atoms with E-state index in [1.54, 1.807) is 12.1 Å². The molecule has 2 aliphatic rings. The number of fused-ring (bicyclic) bond motifs is 4. The summed E-state index contributed by atoms with van der Waals surface area (Å²) in [5, 5.41) is 0.802. The van der Waals surface area contributed by atoms with Gasteiger partial charge in [-0.05, 0) is 24.8 Å². The van der Waals surface area contributed by atoms with Crippen LogP contribution < -0.4 is 11.0 Å². The molecule has 2 atom stereocenters. The Morgan fingerprint density at radius 2 is 2.21 bits per heavy atom. The lowest BCUT2D eigenvalue weighted by molar-refractivity contribution is -0.0225. The zero-order chi connectivity index (χ0) is 16.3. The van der Waals surface area contributed by atoms with Crippen LogP contribution in [-0.4, -0.2) is 35.3 Å². The first kappa shape index (κ1) is 14.3. The van der Waals surface area contributed by atoms with Gasteiger partial charge in [-0.2, -0.15) is 0 Å². The van der Waals surface area contributed by atoms with Crippen LogP contribution >= 0.6 is 0 Å². The summed E-state index contributed by atoms with van der Waals surface area (Å²) in [6.07, 6.45) is 5.28. The monoisotopic (exact) mass is 319 g/mol. The molecule has 1 saturated heterocycles. The van der Waals surface area contributed by atoms with Crippen LogP contribution in [0.1, 0.15) is 31.5 Å². The first-order chi connectivity index (χ1) is 11.7. The number of nitrogens with one attached hydrogen (secondary N) is 1. The number of H-pyrrole nitrogens is 1. The lowest BCUT2D eigenvalue weighted by atomic mass is 9.77. The van der Waals surface area contributed by atoms with Gasteiger partial charge >= 0.3 is 0 Å². The van der Waals surface area contributed by atoms with Crippen molar-refractivity contribution >= 4 is 35.4 Å². The van der Waals surface area contributed by atoms with Crippen molar-refractivity contribution in [1.29, 1.82) is 0 Å². The zero-order valence-corrected chi connectivity index (χ0v) is 13.4. The molecule has 1 saturated carbocycles. The normalized spacial score (nSPS) is 24.2. The van der Waals surface area contributed by atoms with Crippen LogP contribution in [0.3, 0.4) is 0 Å². The van der Waals surface area contributed by atoms with E-state index in [-0.39, 0.29) is 11.1 Å². The highest BCUT2D eigenvalue weighted by atomic mass is 16.3. The molecular weight excluding hydrogens is 301 g/mol. The molecule has 0 spiro atoms. The molecule has 1 N–H and O–H groups in total. The average Bonchev–Trinajstić information content (AvgIpc) is 2.91. The Balaban J connectivity index is 1.53. The highest BCUT2D eigenvalue weighted by molar-refractivity contribution is 6.33. The van der Waals surface area contributed by atoms with Crippen molar-refractivity contribution in [3.8, 4) is 0 Å². The van der Waals surface area contributed by atoms with E-state index in [1.165, 1.54) is 25.7 Å². The SMILES string of the molecule is [B]c1ccc2oc3c(=O)[nH]c(CN4CC5CCCCC54)nc3c2c1. The van der Waals surface area contributed by atoms with E-state index in [1.807, 2.05) is 6.07 Å². The Labute approximate surface area is 140 Å². The lowest BCUT2D eigenvalue weighted by Gasteiger charge is -2.50. The van der Waals surface area contributed by atoms with E-state index in [0.717, 1.165) is 17.8 Å². The van der Waals surface area contributed by atoms with Crippen molar-refractivity contribution in [3.63, 3.8) is 0 Å². The fourth-order valence-electron chi connectivity index (χ4n) is 4.35. The van der Waals surface area contributed by atoms with Crippen LogP contribution in [0.2, 0.25) is 0 Å². The molecule has 1 aliphatic heterocycles. The Hall–Kier alpha value is -2.08. The van der Waals surface area contributed by atoms with Gasteiger partial charge in [0.15, 0.2) is 0 Å². The minimum Gasteiger partial charge on any atom is -0.449 e. The van der Waals surface area contributed by atoms with Gasteiger partial charge in [-0.25, -0.2) is 4.98 Å². The maximum absolute atomic E-state index is 12.4. The molecule has 120 valence electrons. The van der Waals surface area contributed by atoms with Crippen LogP contribution in [0.4, 0.5) is 0 Å². The molecule has 24 heavy (non-hydrogen) atoms. The molecule has 1 aliphatic carbocycles. The summed E-state index contributed by atoms with van der Waals surface area (Å²) in [5.74, 6) is 1.55. The molecule has 5 nitrogen and oxygen atoms in total. The number of furan rings is 1. The van der Waals surface area contributed by atoms with Crippen LogP contribution in [0, 0.1) is 5.92 Å². The number of likely N-dealkylation sites (tertiary alicyclic amines) is 1. The molecule has 3 heterocycles. The smallest absolute Gasteiger partial charge is 0.294 e. The van der Waals surface area contributed by atoms with E-state index in [9.17, 15) is 4.79 Å². The van der Waals surface area contributed by atoms with Gasteiger partial charge in [-0.3, -0.25) is 9.69 Å². The maximum Gasteiger partial charge on any atom is 0.294 e. The molecule has 2 unspecified atom stereocenters. The molecule has 3 aromatic rings. The first-order valence-corrected chi connectivity index (χ1v) is 8.64. The van der Waals surface area contributed by atoms with E-state index < -0.39 is 0 Å². The van der Waals surface area contributed by atoms with Gasteiger partial charge in [0.2, 0.25) is 5.58 Å². The van der Waals surface area contributed by atoms with Gasteiger partial charge in [0.25, 0.3) is 5.56 Å². The Kier molecular flexibility index (Phi) is 3.10. The summed E-state index contributed by atoms with van der Waals surface area (Å²) in [6, 6.07) is 6.03. The minimum absolute atomic E-state index is 0.217. The van der Waals surface area contributed by atoms with Crippen molar-refractivity contribution in [2.24, 2.45) is 5.92 Å². The number of nitrogens with zero attached hydrogens (tertiary/aromatic N) is 2. The molecular formula is C18H18BN3O2. The lowest BCUT2D eigenvalue weighted by Crippen LogP contribution is -2.56. The van der Waals surface area contributed by atoms with Crippen molar-refractivity contribution in [2.45, 2.75) is 38.3 Å². The van der Waals surface area contributed by atoms with Crippen molar-refractivity contribution < 1.29 is 4.42 Å². The van der Waals surface area contributed by atoms with Gasteiger partial charge in [0.1, 0.15) is 24.8 Å². The van der Waals surface area contributed by atoms with Gasteiger partial charge in [0.05, 0.1) is 6.54 Å². The number of rotatable bonds is 2. The first-order valence-electron chi connectivity index (χ1n) is 8.64. The Morgan fingerprint density at radius 1 is 1.33 bits per heavy atom. The largest absolute Gasteiger partial charge is 0.449 e. The van der Waals surface area contributed by atoms with Crippen LogP contribution in [0.25, 0.3) is 22.1 Å². The summed E-state index contributed by atoms with van der Waals surface area (Å²) in [4.78, 5) is 22.4. The molecule has 2 aromatic heterocycles. The van der Waals surface area contributed by atoms with Crippen LogP contribution in [0.5, 0.6) is 0 Å². The molecule has 2 radical (unpaired) electrons. The summed E-state index contributed by atoms with van der Waals surface area (Å²) in [6.45, 7) is 1.81. The highest BCUT2D eigenvalue weighted by Crippen LogP contribution is 2.37. The average molecular weight is 319 g/mol. The van der Waals surface area contributed by atoms with Gasteiger partial charge in [-0.1, -0.05) is 30.4 Å². The quantitative estimate of drug-likeness (QED) is 0.732. The standard InChI is InChI=1S/C18H18BN3O2/c19-11-5-6-14-12(7-11)16-17(24-14)18(23)21-15(20-16)9-22-8-10-3-1-2-4-13(10)22/h5-7,10,13H,1-4,8-9H2,(H,20,21,23). The number of aromatic nitrogens is 2. The fourth-order valence-corrected chi connectivity index (χ4v) is 4.35. The predicted octanol–water partition coefficient (Wildman–Crippen LogP) is 1.84. The van der Waals surface area contributed by atoms with Crippen molar-refractivity contribution in [3.05, 3.63) is 34.4 Å². The van der Waals surface area contributed by atoms with Crippen LogP contribution in [0.15, 0.2) is 27.4 Å². The zero-order valence-electron chi connectivity index (χ0n) is 13.4. The topological polar surface area (TPSA) is 62.1 Å². The third kappa shape index (κ3) is 2.13. The second-order valence-corrected chi connectivity index (χ2v) is 7.09. The molecule has 6 heteroatoms. The maximum atomic E-state index is 12.4. The van der Waals surface area contributed by atoms with Gasteiger partial charge in [0, 0.05) is 18.0 Å². The summed E-state index contributed by atoms with van der Waals surface area (Å²) < 4.78 is 5.65. The number of hydrogen-bond acceptors (Lipinski definition) is 4. The third-order valence-electron chi connectivity index (χ3n) is 5.56. The predicted molar refractivity (Wildman–Crippen MR) is 93.7 cm³/mol. The molecule has 1 aromatic carbocycles. The number of aromatic amines is 1. The minimum atomic E-state index is -0.217. The fraction of sp³-hybridized carbons (Fsp3) is 0.444. The molecule has 0 amide bonds. The molecule has 2 fully saturated rings. The summed E-state index contributed by atoms with van der Waals surface area (Å²) in [5.41, 5.74) is 1.95. The second kappa shape index (κ2) is 5.21. The second-order valence-electron chi connectivity index (χ2n) is 7.09. The van der Waals surface area contributed by atoms with Crippen molar-refractivity contribution in [1.82, 2.24) is 14.9 Å². The summed E-state index contributed by atoms with van der Waals surface area (Å²) >= 11 is 0. The van der Waals surface area contributed by atoms with E-state index in [0.29, 0.717) is 35.0 Å². The van der Waals surface area contributed by atoms with Gasteiger partial charge in [-0.15, -0.1) is 0 Å². The Morgan fingerprint density at radius 3 is 3.08 bits per heavy atom. The summed E-state index contributed by atoms with van der Waals surface area (Å²) in [7, 11) is 5.87. The van der Waals surface area contributed by atoms with Gasteiger partial charge < -0.3 is 9.40 Å².